The predicted molar refractivity (Wildman–Crippen MR) is 91.0 cm³/mol. The van der Waals surface area contributed by atoms with Crippen molar-refractivity contribution in [1.29, 1.82) is 0 Å². The summed E-state index contributed by atoms with van der Waals surface area (Å²) in [7, 11) is 3.02. The van der Waals surface area contributed by atoms with Crippen LogP contribution in [-0.4, -0.2) is 47.1 Å². The van der Waals surface area contributed by atoms with Crippen molar-refractivity contribution < 1.29 is 23.8 Å². The van der Waals surface area contributed by atoms with E-state index in [1.165, 1.54) is 22.7 Å². The Labute approximate surface area is 146 Å². The molecule has 0 N–H and O–H groups in total. The Balaban J connectivity index is 2.01. The van der Waals surface area contributed by atoms with Crippen LogP contribution in [0.25, 0.3) is 0 Å². The third-order valence-electron chi connectivity index (χ3n) is 3.28. The van der Waals surface area contributed by atoms with Crippen LogP contribution in [-0.2, 0) is 11.2 Å². The minimum absolute atomic E-state index is 0.265. The van der Waals surface area contributed by atoms with Crippen LogP contribution in [0.2, 0.25) is 0 Å². The van der Waals surface area contributed by atoms with Crippen LogP contribution in [0.1, 0.15) is 26.3 Å². The molecule has 1 aliphatic rings. The molecule has 8 heteroatoms. The van der Waals surface area contributed by atoms with Crippen molar-refractivity contribution in [3.8, 4) is 11.5 Å². The molecule has 1 heterocycles. The topological polar surface area (TPSA) is 68.3 Å². The zero-order valence-corrected chi connectivity index (χ0v) is 15.3. The number of fused-ring (bicyclic) bond motifs is 1. The van der Waals surface area contributed by atoms with E-state index in [1.807, 2.05) is 26.0 Å². The van der Waals surface area contributed by atoms with E-state index < -0.39 is 12.2 Å². The number of para-hydroxylation sites is 1. The maximum Gasteiger partial charge on any atom is 0.426 e. The summed E-state index contributed by atoms with van der Waals surface area (Å²) < 4.78 is 18.6. The number of hydrogen-bond acceptors (Lipinski definition) is 6. The van der Waals surface area contributed by atoms with Crippen LogP contribution in [0.3, 0.4) is 0 Å². The molecule has 7 nitrogen and oxygen atoms in total. The summed E-state index contributed by atoms with van der Waals surface area (Å²) in [5.41, 5.74) is 0.680. The van der Waals surface area contributed by atoms with E-state index in [9.17, 15) is 9.59 Å². The van der Waals surface area contributed by atoms with Gasteiger partial charge in [0, 0.05) is 26.1 Å². The van der Waals surface area contributed by atoms with E-state index >= 15 is 0 Å². The van der Waals surface area contributed by atoms with Gasteiger partial charge in [0.05, 0.1) is 18.7 Å². The Hall–Kier alpha value is -2.09. The van der Waals surface area contributed by atoms with Crippen molar-refractivity contribution in [2.75, 3.05) is 20.7 Å². The second-order valence-corrected chi connectivity index (χ2v) is 7.19. The van der Waals surface area contributed by atoms with E-state index in [0.717, 1.165) is 24.1 Å². The third kappa shape index (κ3) is 4.25. The summed E-state index contributed by atoms with van der Waals surface area (Å²) in [6.07, 6.45) is -0.394. The van der Waals surface area contributed by atoms with Gasteiger partial charge in [-0.25, -0.2) is 18.2 Å². The summed E-state index contributed by atoms with van der Waals surface area (Å²) in [4.78, 5) is 23.8. The smallest absolute Gasteiger partial charge is 0.426 e. The van der Waals surface area contributed by atoms with Gasteiger partial charge in [0.2, 0.25) is 0 Å². The molecule has 0 saturated carbocycles. The van der Waals surface area contributed by atoms with Gasteiger partial charge in [-0.05, 0) is 26.8 Å². The number of carbonyl (C=O) groups is 2. The molecule has 0 radical (unpaired) electrons. The first-order chi connectivity index (χ1) is 11.2. The van der Waals surface area contributed by atoms with Crippen LogP contribution in [0.4, 0.5) is 9.59 Å². The van der Waals surface area contributed by atoms with Crippen molar-refractivity contribution >= 4 is 24.3 Å². The standard InChI is InChI=1S/C16H22N2O5S/c1-6-21-14(19)17(4)24-18(5)15(20)22-12-9-7-8-11-10-16(2,3)23-13(11)12/h7-9H,6,10H2,1-5H3. The van der Waals surface area contributed by atoms with E-state index in [0.29, 0.717) is 11.5 Å². The number of carbonyl (C=O) groups excluding carboxylic acids is 2. The van der Waals surface area contributed by atoms with Gasteiger partial charge in [-0.1, -0.05) is 12.1 Å². The lowest BCUT2D eigenvalue weighted by Crippen LogP contribution is -2.31. The Morgan fingerprint density at radius 3 is 2.58 bits per heavy atom. The highest BCUT2D eigenvalue weighted by Crippen LogP contribution is 2.42. The number of rotatable bonds is 4. The Morgan fingerprint density at radius 2 is 1.92 bits per heavy atom. The Kier molecular flexibility index (Phi) is 5.48. The summed E-state index contributed by atoms with van der Waals surface area (Å²) in [5, 5.41) is 0. The van der Waals surface area contributed by atoms with Crippen LogP contribution >= 0.6 is 12.1 Å². The zero-order chi connectivity index (χ0) is 17.9. The molecule has 2 rings (SSSR count). The first kappa shape index (κ1) is 18.3. The maximum atomic E-state index is 12.2. The highest BCUT2D eigenvalue weighted by molar-refractivity contribution is 7.95. The van der Waals surface area contributed by atoms with Gasteiger partial charge in [0.1, 0.15) is 5.60 Å². The van der Waals surface area contributed by atoms with Crippen LogP contribution in [0.5, 0.6) is 11.5 Å². The van der Waals surface area contributed by atoms with Gasteiger partial charge in [-0.2, -0.15) is 0 Å². The molecule has 1 aromatic rings. The van der Waals surface area contributed by atoms with Gasteiger partial charge in [0.15, 0.2) is 11.5 Å². The molecule has 0 atom stereocenters. The maximum absolute atomic E-state index is 12.2. The SMILES string of the molecule is CCOC(=O)N(C)SN(C)C(=O)Oc1cccc2c1OC(C)(C)C2. The molecule has 0 spiro atoms. The van der Waals surface area contributed by atoms with E-state index in [2.05, 4.69) is 0 Å². The minimum Gasteiger partial charge on any atom is -0.483 e. The van der Waals surface area contributed by atoms with Gasteiger partial charge < -0.3 is 14.2 Å². The summed E-state index contributed by atoms with van der Waals surface area (Å²) in [6, 6.07) is 5.46. The van der Waals surface area contributed by atoms with Crippen molar-refractivity contribution in [2.45, 2.75) is 32.8 Å². The third-order valence-corrected chi connectivity index (χ3v) is 4.07. The second-order valence-electron chi connectivity index (χ2n) is 5.93. The lowest BCUT2D eigenvalue weighted by Gasteiger charge is -2.22. The number of amides is 2. The van der Waals surface area contributed by atoms with Crippen molar-refractivity contribution in [1.82, 2.24) is 8.61 Å². The second kappa shape index (κ2) is 7.21. The average Bonchev–Trinajstić information content (AvgIpc) is 2.82. The molecule has 1 aromatic carbocycles. The summed E-state index contributed by atoms with van der Waals surface area (Å²) >= 11 is 0.885. The van der Waals surface area contributed by atoms with Crippen molar-refractivity contribution in [2.24, 2.45) is 0 Å². The predicted octanol–water partition coefficient (Wildman–Crippen LogP) is 3.48. The van der Waals surface area contributed by atoms with E-state index in [4.69, 9.17) is 14.2 Å². The van der Waals surface area contributed by atoms with Crippen LogP contribution in [0, 0.1) is 0 Å². The molecule has 0 aromatic heterocycles. The molecule has 0 unspecified atom stereocenters. The fraction of sp³-hybridized carbons (Fsp3) is 0.500. The summed E-state index contributed by atoms with van der Waals surface area (Å²) in [5.74, 6) is 0.960. The molecule has 0 aliphatic carbocycles. The first-order valence-electron chi connectivity index (χ1n) is 7.58. The number of nitrogens with zero attached hydrogens (tertiary/aromatic N) is 2. The van der Waals surface area contributed by atoms with Gasteiger partial charge in [-0.15, -0.1) is 0 Å². The van der Waals surface area contributed by atoms with E-state index in [-0.39, 0.29) is 12.2 Å². The monoisotopic (exact) mass is 354 g/mol. The molecular weight excluding hydrogens is 332 g/mol. The fourth-order valence-electron chi connectivity index (χ4n) is 2.29. The quantitative estimate of drug-likeness (QED) is 0.771. The molecule has 1 aliphatic heterocycles. The number of hydrogen-bond donors (Lipinski definition) is 0. The minimum atomic E-state index is -0.613. The number of benzene rings is 1. The van der Waals surface area contributed by atoms with Gasteiger partial charge >= 0.3 is 12.2 Å². The van der Waals surface area contributed by atoms with Crippen molar-refractivity contribution in [3.05, 3.63) is 23.8 Å². The lowest BCUT2D eigenvalue weighted by molar-refractivity contribution is 0.131. The fourth-order valence-corrected chi connectivity index (χ4v) is 2.88. The highest BCUT2D eigenvalue weighted by Gasteiger charge is 2.33. The van der Waals surface area contributed by atoms with Crippen molar-refractivity contribution in [3.63, 3.8) is 0 Å². The molecular formula is C16H22N2O5S. The van der Waals surface area contributed by atoms with Gasteiger partial charge in [0.25, 0.3) is 0 Å². The summed E-state index contributed by atoms with van der Waals surface area (Å²) in [6.45, 7) is 5.94. The first-order valence-corrected chi connectivity index (χ1v) is 8.31. The average molecular weight is 354 g/mol. The zero-order valence-electron chi connectivity index (χ0n) is 14.5. The lowest BCUT2D eigenvalue weighted by atomic mass is 10.0. The van der Waals surface area contributed by atoms with E-state index in [1.54, 1.807) is 13.0 Å². The highest BCUT2D eigenvalue weighted by atomic mass is 32.2. The van der Waals surface area contributed by atoms with Crippen LogP contribution in [0.15, 0.2) is 18.2 Å². The molecule has 24 heavy (non-hydrogen) atoms. The normalized spacial score (nSPS) is 14.4. The molecule has 2 amide bonds. The van der Waals surface area contributed by atoms with Gasteiger partial charge in [-0.3, -0.25) is 0 Å². The Bertz CT molecular complexity index is 635. The van der Waals surface area contributed by atoms with Crippen LogP contribution < -0.4 is 9.47 Å². The Morgan fingerprint density at radius 1 is 1.25 bits per heavy atom. The molecule has 0 bridgehead atoms. The molecule has 0 saturated heterocycles. The number of ether oxygens (including phenoxy) is 3. The largest absolute Gasteiger partial charge is 0.483 e. The molecule has 0 fully saturated rings. The molecule has 132 valence electrons.